The number of halogens is 1. The standard InChI is InChI=1S/C18H15BrN2O2/c19-15-7-6-13-10-17(23-11-12-4-2-1-3-5-12)16(21-18(20)22)9-14(13)8-15/h1-10H,11H2,(H3,20,21,22). The van der Waals surface area contributed by atoms with Crippen LogP contribution in [0.25, 0.3) is 10.8 Å². The number of carbonyl (C=O) groups excluding carboxylic acids is 1. The molecular formula is C18H15BrN2O2. The first-order valence-electron chi connectivity index (χ1n) is 7.08. The average molecular weight is 371 g/mol. The van der Waals surface area contributed by atoms with Gasteiger partial charge in [-0.1, -0.05) is 52.3 Å². The zero-order valence-corrected chi connectivity index (χ0v) is 13.8. The van der Waals surface area contributed by atoms with Gasteiger partial charge >= 0.3 is 6.03 Å². The molecule has 4 nitrogen and oxygen atoms in total. The van der Waals surface area contributed by atoms with Crippen molar-refractivity contribution in [3.8, 4) is 5.75 Å². The van der Waals surface area contributed by atoms with Gasteiger partial charge in [0, 0.05) is 4.47 Å². The fraction of sp³-hybridized carbons (Fsp3) is 0.0556. The molecule has 0 saturated heterocycles. The van der Waals surface area contributed by atoms with E-state index in [-0.39, 0.29) is 0 Å². The van der Waals surface area contributed by atoms with Gasteiger partial charge in [-0.3, -0.25) is 0 Å². The number of amides is 2. The Morgan fingerprint density at radius 1 is 1.04 bits per heavy atom. The second-order valence-electron chi connectivity index (χ2n) is 5.10. The maximum atomic E-state index is 11.2. The van der Waals surface area contributed by atoms with Crippen LogP contribution in [0.5, 0.6) is 5.75 Å². The number of carbonyl (C=O) groups is 1. The van der Waals surface area contributed by atoms with Crippen LogP contribution in [-0.4, -0.2) is 6.03 Å². The van der Waals surface area contributed by atoms with Gasteiger partial charge in [0.1, 0.15) is 12.4 Å². The molecule has 3 N–H and O–H groups in total. The van der Waals surface area contributed by atoms with E-state index in [1.165, 1.54) is 0 Å². The zero-order valence-electron chi connectivity index (χ0n) is 12.3. The minimum atomic E-state index is -0.621. The Morgan fingerprint density at radius 2 is 1.83 bits per heavy atom. The SMILES string of the molecule is NC(=O)Nc1cc2cc(Br)ccc2cc1OCc1ccccc1. The summed E-state index contributed by atoms with van der Waals surface area (Å²) < 4.78 is 6.85. The number of hydrogen-bond donors (Lipinski definition) is 2. The fourth-order valence-electron chi connectivity index (χ4n) is 2.33. The number of rotatable bonds is 4. The summed E-state index contributed by atoms with van der Waals surface area (Å²) in [6, 6.07) is 18.9. The number of ether oxygens (including phenoxy) is 1. The van der Waals surface area contributed by atoms with Crippen LogP contribution in [0.4, 0.5) is 10.5 Å². The maximum absolute atomic E-state index is 11.2. The summed E-state index contributed by atoms with van der Waals surface area (Å²) >= 11 is 3.44. The maximum Gasteiger partial charge on any atom is 0.316 e. The molecule has 0 aliphatic rings. The normalized spacial score (nSPS) is 10.5. The van der Waals surface area contributed by atoms with E-state index < -0.39 is 6.03 Å². The Balaban J connectivity index is 1.95. The molecule has 0 aliphatic carbocycles. The predicted octanol–water partition coefficient (Wildman–Crippen LogP) is 4.67. The van der Waals surface area contributed by atoms with Crippen LogP contribution in [0, 0.1) is 0 Å². The minimum absolute atomic E-state index is 0.413. The third-order valence-corrected chi connectivity index (χ3v) is 3.89. The molecule has 0 spiro atoms. The summed E-state index contributed by atoms with van der Waals surface area (Å²) in [4.78, 5) is 11.2. The number of hydrogen-bond acceptors (Lipinski definition) is 2. The third kappa shape index (κ3) is 3.81. The van der Waals surface area contributed by atoms with Crippen molar-refractivity contribution in [2.24, 2.45) is 5.73 Å². The number of primary amides is 1. The monoisotopic (exact) mass is 370 g/mol. The quantitative estimate of drug-likeness (QED) is 0.700. The van der Waals surface area contributed by atoms with Gasteiger partial charge < -0.3 is 15.8 Å². The van der Waals surface area contributed by atoms with Crippen LogP contribution < -0.4 is 15.8 Å². The zero-order chi connectivity index (χ0) is 16.2. The van der Waals surface area contributed by atoms with E-state index in [2.05, 4.69) is 21.2 Å². The minimum Gasteiger partial charge on any atom is -0.487 e. The second kappa shape index (κ2) is 6.71. The molecule has 0 bridgehead atoms. The molecule has 116 valence electrons. The molecule has 0 aromatic heterocycles. The molecule has 2 amide bonds. The lowest BCUT2D eigenvalue weighted by Gasteiger charge is -2.13. The molecule has 0 aliphatic heterocycles. The molecule has 23 heavy (non-hydrogen) atoms. The number of nitrogens with two attached hydrogens (primary N) is 1. The molecule has 0 unspecified atom stereocenters. The molecule has 0 radical (unpaired) electrons. The molecule has 3 aromatic carbocycles. The molecule has 3 rings (SSSR count). The largest absolute Gasteiger partial charge is 0.487 e. The molecule has 0 heterocycles. The van der Waals surface area contributed by atoms with Gasteiger partial charge in [-0.15, -0.1) is 0 Å². The van der Waals surface area contributed by atoms with Gasteiger partial charge in [-0.25, -0.2) is 4.79 Å². The summed E-state index contributed by atoms with van der Waals surface area (Å²) in [5, 5.41) is 4.62. The Bertz CT molecular complexity index is 850. The van der Waals surface area contributed by atoms with E-state index in [0.29, 0.717) is 18.0 Å². The van der Waals surface area contributed by atoms with Crippen molar-refractivity contribution in [2.75, 3.05) is 5.32 Å². The molecule has 0 atom stereocenters. The van der Waals surface area contributed by atoms with Crippen molar-refractivity contribution in [3.63, 3.8) is 0 Å². The van der Waals surface area contributed by atoms with Crippen molar-refractivity contribution >= 4 is 38.4 Å². The van der Waals surface area contributed by atoms with E-state index in [1.807, 2.05) is 60.7 Å². The lowest BCUT2D eigenvalue weighted by molar-refractivity contribution is 0.259. The Labute approximate surface area is 142 Å². The lowest BCUT2D eigenvalue weighted by Crippen LogP contribution is -2.19. The summed E-state index contributed by atoms with van der Waals surface area (Å²) in [7, 11) is 0. The van der Waals surface area contributed by atoms with Gasteiger partial charge in [-0.2, -0.15) is 0 Å². The fourth-order valence-corrected chi connectivity index (χ4v) is 2.71. The first-order valence-corrected chi connectivity index (χ1v) is 7.87. The third-order valence-electron chi connectivity index (χ3n) is 3.40. The Morgan fingerprint density at radius 3 is 2.57 bits per heavy atom. The van der Waals surface area contributed by atoms with E-state index in [0.717, 1.165) is 20.8 Å². The van der Waals surface area contributed by atoms with Crippen molar-refractivity contribution < 1.29 is 9.53 Å². The van der Waals surface area contributed by atoms with Crippen LogP contribution in [0.3, 0.4) is 0 Å². The lowest BCUT2D eigenvalue weighted by atomic mass is 10.1. The van der Waals surface area contributed by atoms with E-state index in [4.69, 9.17) is 10.5 Å². The Hall–Kier alpha value is -2.53. The van der Waals surface area contributed by atoms with Crippen molar-refractivity contribution in [3.05, 3.63) is 70.7 Å². The van der Waals surface area contributed by atoms with Gasteiger partial charge in [0.2, 0.25) is 0 Å². The highest BCUT2D eigenvalue weighted by molar-refractivity contribution is 9.10. The molecule has 0 saturated carbocycles. The van der Waals surface area contributed by atoms with E-state index in [1.54, 1.807) is 0 Å². The van der Waals surface area contributed by atoms with Gasteiger partial charge in [0.25, 0.3) is 0 Å². The van der Waals surface area contributed by atoms with Crippen LogP contribution in [0.15, 0.2) is 65.1 Å². The number of urea groups is 1. The highest BCUT2D eigenvalue weighted by Crippen LogP contribution is 2.32. The highest BCUT2D eigenvalue weighted by Gasteiger charge is 2.09. The first-order chi connectivity index (χ1) is 11.1. The number of benzene rings is 3. The topological polar surface area (TPSA) is 64.4 Å². The number of fused-ring (bicyclic) bond motifs is 1. The molecule has 0 fully saturated rings. The average Bonchev–Trinajstić information content (AvgIpc) is 2.53. The van der Waals surface area contributed by atoms with Crippen molar-refractivity contribution in [2.45, 2.75) is 6.61 Å². The molecule has 3 aromatic rings. The smallest absolute Gasteiger partial charge is 0.316 e. The summed E-state index contributed by atoms with van der Waals surface area (Å²) in [5.41, 5.74) is 6.86. The summed E-state index contributed by atoms with van der Waals surface area (Å²) in [5.74, 6) is 0.586. The van der Waals surface area contributed by atoms with Gasteiger partial charge in [-0.05, 0) is 40.6 Å². The second-order valence-corrected chi connectivity index (χ2v) is 6.02. The van der Waals surface area contributed by atoms with Crippen LogP contribution in [0.1, 0.15) is 5.56 Å². The van der Waals surface area contributed by atoms with Gasteiger partial charge in [0.05, 0.1) is 5.69 Å². The van der Waals surface area contributed by atoms with Crippen molar-refractivity contribution in [1.82, 2.24) is 0 Å². The predicted molar refractivity (Wildman–Crippen MR) is 95.6 cm³/mol. The summed E-state index contributed by atoms with van der Waals surface area (Å²) in [6.45, 7) is 0.413. The summed E-state index contributed by atoms with van der Waals surface area (Å²) in [6.07, 6.45) is 0. The molecular weight excluding hydrogens is 356 g/mol. The Kier molecular flexibility index (Phi) is 4.48. The van der Waals surface area contributed by atoms with Crippen molar-refractivity contribution in [1.29, 1.82) is 0 Å². The first kappa shape index (κ1) is 15.4. The van der Waals surface area contributed by atoms with E-state index in [9.17, 15) is 4.79 Å². The van der Waals surface area contributed by atoms with Gasteiger partial charge in [0.15, 0.2) is 0 Å². The van der Waals surface area contributed by atoms with E-state index >= 15 is 0 Å². The van der Waals surface area contributed by atoms with Crippen LogP contribution >= 0.6 is 15.9 Å². The van der Waals surface area contributed by atoms with Crippen LogP contribution in [0.2, 0.25) is 0 Å². The molecule has 5 heteroatoms. The highest BCUT2D eigenvalue weighted by atomic mass is 79.9. The number of nitrogens with one attached hydrogen (secondary N) is 1. The number of anilines is 1. The van der Waals surface area contributed by atoms with Crippen LogP contribution in [-0.2, 0) is 6.61 Å².